The van der Waals surface area contributed by atoms with Gasteiger partial charge in [0.1, 0.15) is 5.75 Å². The Morgan fingerprint density at radius 2 is 1.95 bits per heavy atom. The average Bonchev–Trinajstić information content (AvgIpc) is 2.50. The van der Waals surface area contributed by atoms with Crippen LogP contribution in [-0.2, 0) is 11.2 Å². The number of nitrogens with one attached hydrogen (secondary N) is 1. The minimum Gasteiger partial charge on any atom is -0.491 e. The molecule has 2 aromatic carbocycles. The fraction of sp³-hybridized carbons (Fsp3) is 0.316. The van der Waals surface area contributed by atoms with Crippen LogP contribution in [0.5, 0.6) is 5.75 Å². The van der Waals surface area contributed by atoms with Gasteiger partial charge < -0.3 is 10.1 Å². The Bertz CT molecular complexity index is 637. The largest absolute Gasteiger partial charge is 0.491 e. The molecule has 3 nitrogen and oxygen atoms in total. The first kappa shape index (κ1) is 16.1. The van der Waals surface area contributed by atoms with Gasteiger partial charge in [-0.3, -0.25) is 4.79 Å². The van der Waals surface area contributed by atoms with Crippen LogP contribution in [0.25, 0.3) is 0 Å². The monoisotopic (exact) mass is 297 g/mol. The highest BCUT2D eigenvalue weighted by molar-refractivity contribution is 5.92. The summed E-state index contributed by atoms with van der Waals surface area (Å²) in [6, 6.07) is 15.5. The van der Waals surface area contributed by atoms with E-state index in [1.807, 2.05) is 62.4 Å². The number of anilines is 1. The molecule has 0 aromatic heterocycles. The normalized spacial score (nSPS) is 11.8. The van der Waals surface area contributed by atoms with Gasteiger partial charge in [-0.1, -0.05) is 37.3 Å². The van der Waals surface area contributed by atoms with Crippen molar-refractivity contribution in [1.29, 1.82) is 0 Å². The standard InChI is InChI=1S/C19H23NO2/c1-4-15(3)22-18-11-7-10-17(13-18)20-19(21)12-16-9-6-5-8-14(16)2/h5-11,13,15H,4,12H2,1-3H3,(H,20,21). The van der Waals surface area contributed by atoms with Crippen LogP contribution >= 0.6 is 0 Å². The smallest absolute Gasteiger partial charge is 0.228 e. The molecule has 0 saturated carbocycles. The summed E-state index contributed by atoms with van der Waals surface area (Å²) in [7, 11) is 0. The van der Waals surface area contributed by atoms with Gasteiger partial charge in [-0.25, -0.2) is 0 Å². The number of amides is 1. The second-order valence-corrected chi connectivity index (χ2v) is 5.52. The van der Waals surface area contributed by atoms with Crippen molar-refractivity contribution in [2.24, 2.45) is 0 Å². The molecular weight excluding hydrogens is 274 g/mol. The Labute approximate surface area is 132 Å². The zero-order chi connectivity index (χ0) is 15.9. The van der Waals surface area contributed by atoms with Crippen LogP contribution in [0.2, 0.25) is 0 Å². The number of hydrogen-bond acceptors (Lipinski definition) is 2. The van der Waals surface area contributed by atoms with Gasteiger partial charge in [0.2, 0.25) is 5.91 Å². The third kappa shape index (κ3) is 4.62. The molecule has 2 rings (SSSR count). The summed E-state index contributed by atoms with van der Waals surface area (Å²) in [5.74, 6) is 0.762. The van der Waals surface area contributed by atoms with Crippen LogP contribution in [0.3, 0.4) is 0 Å². The van der Waals surface area contributed by atoms with E-state index in [9.17, 15) is 4.79 Å². The number of hydrogen-bond donors (Lipinski definition) is 1. The van der Waals surface area contributed by atoms with Crippen molar-refractivity contribution in [3.63, 3.8) is 0 Å². The Morgan fingerprint density at radius 3 is 2.68 bits per heavy atom. The summed E-state index contributed by atoms with van der Waals surface area (Å²) < 4.78 is 5.77. The molecule has 0 aliphatic heterocycles. The molecule has 22 heavy (non-hydrogen) atoms. The van der Waals surface area contributed by atoms with Crippen molar-refractivity contribution in [3.05, 3.63) is 59.7 Å². The minimum atomic E-state index is -0.0185. The zero-order valence-corrected chi connectivity index (χ0v) is 13.4. The molecule has 0 heterocycles. The Kier molecular flexibility index (Phi) is 5.59. The van der Waals surface area contributed by atoms with Gasteiger partial charge in [-0.2, -0.15) is 0 Å². The number of aryl methyl sites for hydroxylation is 1. The number of rotatable bonds is 6. The second-order valence-electron chi connectivity index (χ2n) is 5.52. The Morgan fingerprint density at radius 1 is 1.18 bits per heavy atom. The molecule has 2 aromatic rings. The average molecular weight is 297 g/mol. The van der Waals surface area contributed by atoms with E-state index >= 15 is 0 Å². The summed E-state index contributed by atoms with van der Waals surface area (Å²) in [5.41, 5.74) is 2.94. The topological polar surface area (TPSA) is 38.3 Å². The van der Waals surface area contributed by atoms with Gasteiger partial charge in [0, 0.05) is 11.8 Å². The third-order valence-electron chi connectivity index (χ3n) is 3.64. The first-order valence-electron chi connectivity index (χ1n) is 7.69. The Hall–Kier alpha value is -2.29. The number of carbonyl (C=O) groups excluding carboxylic acids is 1. The van der Waals surface area contributed by atoms with Gasteiger partial charge in [-0.05, 0) is 43.5 Å². The molecule has 0 radical (unpaired) electrons. The maximum absolute atomic E-state index is 12.2. The summed E-state index contributed by atoms with van der Waals surface area (Å²) >= 11 is 0. The fourth-order valence-electron chi connectivity index (χ4n) is 2.15. The van der Waals surface area contributed by atoms with Crippen LogP contribution in [-0.4, -0.2) is 12.0 Å². The van der Waals surface area contributed by atoms with Crippen molar-refractivity contribution in [2.45, 2.75) is 39.7 Å². The van der Waals surface area contributed by atoms with Gasteiger partial charge >= 0.3 is 0 Å². The molecule has 1 amide bonds. The molecule has 116 valence electrons. The maximum atomic E-state index is 12.2. The highest BCUT2D eigenvalue weighted by atomic mass is 16.5. The lowest BCUT2D eigenvalue weighted by molar-refractivity contribution is -0.115. The lowest BCUT2D eigenvalue weighted by Crippen LogP contribution is -2.15. The van der Waals surface area contributed by atoms with E-state index in [1.54, 1.807) is 0 Å². The molecule has 1 atom stereocenters. The molecule has 1 N–H and O–H groups in total. The van der Waals surface area contributed by atoms with Crippen molar-refractivity contribution in [3.8, 4) is 5.75 Å². The van der Waals surface area contributed by atoms with Gasteiger partial charge in [-0.15, -0.1) is 0 Å². The third-order valence-corrected chi connectivity index (χ3v) is 3.64. The van der Waals surface area contributed by atoms with Crippen molar-refractivity contribution in [2.75, 3.05) is 5.32 Å². The lowest BCUT2D eigenvalue weighted by atomic mass is 10.1. The molecule has 0 spiro atoms. The van der Waals surface area contributed by atoms with Crippen LogP contribution in [0.15, 0.2) is 48.5 Å². The van der Waals surface area contributed by atoms with Crippen LogP contribution < -0.4 is 10.1 Å². The van der Waals surface area contributed by atoms with Gasteiger partial charge in [0.05, 0.1) is 12.5 Å². The lowest BCUT2D eigenvalue weighted by Gasteiger charge is -2.14. The van der Waals surface area contributed by atoms with E-state index in [-0.39, 0.29) is 12.0 Å². The van der Waals surface area contributed by atoms with E-state index in [4.69, 9.17) is 4.74 Å². The molecule has 3 heteroatoms. The van der Waals surface area contributed by atoms with Gasteiger partial charge in [0.15, 0.2) is 0 Å². The van der Waals surface area contributed by atoms with E-state index in [1.165, 1.54) is 0 Å². The molecule has 0 bridgehead atoms. The molecule has 0 fully saturated rings. The molecule has 0 aliphatic carbocycles. The van der Waals surface area contributed by atoms with Crippen LogP contribution in [0, 0.1) is 6.92 Å². The quantitative estimate of drug-likeness (QED) is 0.860. The molecule has 1 unspecified atom stereocenters. The minimum absolute atomic E-state index is 0.0185. The number of benzene rings is 2. The SMILES string of the molecule is CCC(C)Oc1cccc(NC(=O)Cc2ccccc2C)c1. The molecule has 0 saturated heterocycles. The summed E-state index contributed by atoms with van der Waals surface area (Å²) in [6.07, 6.45) is 1.49. The predicted octanol–water partition coefficient (Wildman–Crippen LogP) is 4.35. The van der Waals surface area contributed by atoms with E-state index in [0.717, 1.165) is 29.0 Å². The summed E-state index contributed by atoms with van der Waals surface area (Å²) in [4.78, 5) is 12.2. The van der Waals surface area contributed by atoms with Crippen molar-refractivity contribution >= 4 is 11.6 Å². The first-order valence-corrected chi connectivity index (χ1v) is 7.69. The van der Waals surface area contributed by atoms with E-state index in [0.29, 0.717) is 6.42 Å². The second kappa shape index (κ2) is 7.64. The number of carbonyl (C=O) groups is 1. The molecular formula is C19H23NO2. The molecule has 0 aliphatic rings. The highest BCUT2D eigenvalue weighted by Gasteiger charge is 2.07. The van der Waals surface area contributed by atoms with E-state index in [2.05, 4.69) is 12.2 Å². The van der Waals surface area contributed by atoms with Gasteiger partial charge in [0.25, 0.3) is 0 Å². The van der Waals surface area contributed by atoms with E-state index < -0.39 is 0 Å². The highest BCUT2D eigenvalue weighted by Crippen LogP contribution is 2.19. The number of ether oxygens (including phenoxy) is 1. The van der Waals surface area contributed by atoms with Crippen LogP contribution in [0.4, 0.5) is 5.69 Å². The van der Waals surface area contributed by atoms with Crippen molar-refractivity contribution < 1.29 is 9.53 Å². The van der Waals surface area contributed by atoms with Crippen molar-refractivity contribution in [1.82, 2.24) is 0 Å². The fourth-order valence-corrected chi connectivity index (χ4v) is 2.15. The predicted molar refractivity (Wildman–Crippen MR) is 90.3 cm³/mol. The summed E-state index contributed by atoms with van der Waals surface area (Å²) in [6.45, 7) is 6.13. The zero-order valence-electron chi connectivity index (χ0n) is 13.4. The first-order chi connectivity index (χ1) is 10.6. The Balaban J connectivity index is 2.00. The summed E-state index contributed by atoms with van der Waals surface area (Å²) in [5, 5.41) is 2.93. The maximum Gasteiger partial charge on any atom is 0.228 e. The van der Waals surface area contributed by atoms with Crippen LogP contribution in [0.1, 0.15) is 31.4 Å².